The summed E-state index contributed by atoms with van der Waals surface area (Å²) in [6, 6.07) is 0. The fraction of sp³-hybridized carbons (Fsp3) is 0.507. The predicted octanol–water partition coefficient (Wildman–Crippen LogP) is 19.4. The molecule has 0 amide bonds. The van der Waals surface area contributed by atoms with Crippen LogP contribution in [0.15, 0.2) is 194 Å². The molecule has 79 heavy (non-hydrogen) atoms. The van der Waals surface area contributed by atoms with Crippen molar-refractivity contribution in [2.24, 2.45) is 5.73 Å². The second-order valence-electron chi connectivity index (χ2n) is 18.7. The highest BCUT2D eigenvalue weighted by Crippen LogP contribution is 2.43. The molecule has 440 valence electrons. The van der Waals surface area contributed by atoms with Gasteiger partial charge >= 0.3 is 19.8 Å². The smallest absolute Gasteiger partial charge is 0.462 e. The second-order valence-corrected chi connectivity index (χ2v) is 20.2. The van der Waals surface area contributed by atoms with Crippen molar-refractivity contribution in [3.05, 3.63) is 194 Å². The number of hydrogen-bond acceptors (Lipinski definition) is 8. The summed E-state index contributed by atoms with van der Waals surface area (Å²) >= 11 is 0. The molecule has 0 bridgehead atoms. The zero-order valence-corrected chi connectivity index (χ0v) is 49.9. The van der Waals surface area contributed by atoms with Gasteiger partial charge in [0.15, 0.2) is 6.10 Å². The Bertz CT molecular complexity index is 1990. The monoisotopic (exact) mass is 1110 g/mol. The van der Waals surface area contributed by atoms with E-state index in [0.29, 0.717) is 12.8 Å². The predicted molar refractivity (Wildman–Crippen MR) is 338 cm³/mol. The van der Waals surface area contributed by atoms with E-state index >= 15 is 0 Å². The van der Waals surface area contributed by atoms with E-state index < -0.39 is 32.5 Å². The molecular formula is C69H106NO8P. The summed E-state index contributed by atoms with van der Waals surface area (Å²) in [6.07, 6.45) is 94.8. The van der Waals surface area contributed by atoms with Crippen molar-refractivity contribution in [3.63, 3.8) is 0 Å². The van der Waals surface area contributed by atoms with Crippen molar-refractivity contribution in [1.29, 1.82) is 0 Å². The first-order valence-electron chi connectivity index (χ1n) is 29.9. The van der Waals surface area contributed by atoms with Crippen molar-refractivity contribution in [2.75, 3.05) is 26.4 Å². The Hall–Kier alpha value is -5.15. The Balaban J connectivity index is 4.17. The summed E-state index contributed by atoms with van der Waals surface area (Å²) < 4.78 is 33.0. The highest BCUT2D eigenvalue weighted by Gasteiger charge is 2.26. The topological polar surface area (TPSA) is 134 Å². The number of carbonyl (C=O) groups is 2. The van der Waals surface area contributed by atoms with Crippen LogP contribution in [0.1, 0.15) is 194 Å². The molecule has 0 saturated heterocycles. The van der Waals surface area contributed by atoms with Crippen LogP contribution in [0.4, 0.5) is 0 Å². The average Bonchev–Trinajstić information content (AvgIpc) is 3.44. The lowest BCUT2D eigenvalue weighted by Crippen LogP contribution is -2.29. The number of nitrogens with two attached hydrogens (primary N) is 1. The van der Waals surface area contributed by atoms with Gasteiger partial charge in [-0.05, 0) is 141 Å². The number of carbonyl (C=O) groups excluding carboxylic acids is 2. The van der Waals surface area contributed by atoms with Gasteiger partial charge in [-0.2, -0.15) is 0 Å². The normalized spacial score (nSPS) is 14.4. The number of phosphoric ester groups is 1. The molecule has 0 fully saturated rings. The molecule has 10 heteroatoms. The highest BCUT2D eigenvalue weighted by atomic mass is 31.2. The minimum Gasteiger partial charge on any atom is -0.462 e. The molecule has 0 aromatic heterocycles. The molecule has 0 rings (SSSR count). The minimum atomic E-state index is -4.42. The summed E-state index contributed by atoms with van der Waals surface area (Å²) in [7, 11) is -4.42. The lowest BCUT2D eigenvalue weighted by Gasteiger charge is -2.19. The van der Waals surface area contributed by atoms with Crippen LogP contribution in [-0.2, 0) is 32.7 Å². The Morgan fingerprint density at radius 2 is 0.658 bits per heavy atom. The first kappa shape index (κ1) is 73.8. The van der Waals surface area contributed by atoms with Gasteiger partial charge in [-0.15, -0.1) is 0 Å². The first-order valence-corrected chi connectivity index (χ1v) is 31.4. The molecule has 3 N–H and O–H groups in total. The summed E-state index contributed by atoms with van der Waals surface area (Å²) in [5, 5.41) is 0. The summed E-state index contributed by atoms with van der Waals surface area (Å²) in [5.74, 6) is -0.908. The van der Waals surface area contributed by atoms with E-state index in [9.17, 15) is 19.0 Å². The van der Waals surface area contributed by atoms with Gasteiger partial charge in [0.1, 0.15) is 6.61 Å². The third kappa shape index (κ3) is 61.9. The van der Waals surface area contributed by atoms with E-state index in [1.165, 1.54) is 0 Å². The number of allylic oxidation sites excluding steroid dienone is 32. The van der Waals surface area contributed by atoms with Crippen molar-refractivity contribution >= 4 is 19.8 Å². The van der Waals surface area contributed by atoms with Gasteiger partial charge in [0.25, 0.3) is 0 Å². The lowest BCUT2D eigenvalue weighted by molar-refractivity contribution is -0.161. The van der Waals surface area contributed by atoms with E-state index in [1.54, 1.807) is 0 Å². The van der Waals surface area contributed by atoms with Gasteiger partial charge in [-0.25, -0.2) is 4.57 Å². The van der Waals surface area contributed by atoms with Crippen molar-refractivity contribution in [1.82, 2.24) is 0 Å². The van der Waals surface area contributed by atoms with Crippen molar-refractivity contribution in [2.45, 2.75) is 200 Å². The lowest BCUT2D eigenvalue weighted by atomic mass is 10.1. The van der Waals surface area contributed by atoms with Gasteiger partial charge in [0.2, 0.25) is 0 Å². The summed E-state index contributed by atoms with van der Waals surface area (Å²) in [5.41, 5.74) is 5.38. The zero-order chi connectivity index (χ0) is 57.3. The maximum Gasteiger partial charge on any atom is 0.472 e. The third-order valence-corrected chi connectivity index (χ3v) is 12.5. The van der Waals surface area contributed by atoms with Crippen LogP contribution in [0.25, 0.3) is 0 Å². The van der Waals surface area contributed by atoms with E-state index in [1.807, 2.05) is 0 Å². The maximum absolute atomic E-state index is 12.7. The Morgan fingerprint density at radius 1 is 0.380 bits per heavy atom. The molecule has 0 aromatic carbocycles. The third-order valence-electron chi connectivity index (χ3n) is 11.5. The summed E-state index contributed by atoms with van der Waals surface area (Å²) in [6.45, 7) is 3.41. The van der Waals surface area contributed by atoms with Crippen LogP contribution >= 0.6 is 7.82 Å². The molecule has 2 atom stereocenters. The Labute approximate surface area is 481 Å². The quantitative estimate of drug-likeness (QED) is 0.0264. The van der Waals surface area contributed by atoms with Crippen LogP contribution in [-0.4, -0.2) is 49.3 Å². The number of ether oxygens (including phenoxy) is 2. The fourth-order valence-corrected chi connectivity index (χ4v) is 7.90. The van der Waals surface area contributed by atoms with Crippen LogP contribution in [0.2, 0.25) is 0 Å². The van der Waals surface area contributed by atoms with E-state index in [0.717, 1.165) is 154 Å². The SMILES string of the molecule is CC/C=C\C/C=C\C/C=C\C/C=C\C/C=C\C/C=C\C/C=C\C/C=C\C/C=C\CCCCCCCC(=O)OC(COC(=O)CCCCC/C=C\C/C=C\C/C=C\C/C=C\C/C=C\C/C=C\C/C=C\CC)COP(=O)(O)OCCN. The molecule has 9 nitrogen and oxygen atoms in total. The van der Waals surface area contributed by atoms with Crippen LogP contribution in [0.5, 0.6) is 0 Å². The van der Waals surface area contributed by atoms with Gasteiger partial charge in [-0.3, -0.25) is 18.6 Å². The minimum absolute atomic E-state index is 0.0329. The van der Waals surface area contributed by atoms with Crippen LogP contribution < -0.4 is 5.73 Å². The van der Waals surface area contributed by atoms with Gasteiger partial charge < -0.3 is 20.1 Å². The Kier molecular flexibility index (Phi) is 58.0. The molecule has 0 saturated carbocycles. The molecule has 0 aliphatic rings. The first-order chi connectivity index (χ1) is 38.8. The number of unbranched alkanes of at least 4 members (excludes halogenated alkanes) is 8. The maximum atomic E-state index is 12.7. The van der Waals surface area contributed by atoms with Gasteiger partial charge in [0.05, 0.1) is 13.2 Å². The van der Waals surface area contributed by atoms with Crippen LogP contribution in [0, 0.1) is 0 Å². The van der Waals surface area contributed by atoms with Crippen molar-refractivity contribution in [3.8, 4) is 0 Å². The van der Waals surface area contributed by atoms with E-state index in [2.05, 4.69) is 208 Å². The Morgan fingerprint density at radius 3 is 0.987 bits per heavy atom. The number of hydrogen-bond donors (Lipinski definition) is 2. The van der Waals surface area contributed by atoms with E-state index in [4.69, 9.17) is 24.3 Å². The van der Waals surface area contributed by atoms with E-state index in [-0.39, 0.29) is 32.6 Å². The summed E-state index contributed by atoms with van der Waals surface area (Å²) in [4.78, 5) is 35.2. The number of esters is 2. The molecule has 0 aliphatic carbocycles. The molecule has 0 spiro atoms. The number of rotatable bonds is 53. The zero-order valence-electron chi connectivity index (χ0n) is 49.0. The van der Waals surface area contributed by atoms with Gasteiger partial charge in [-0.1, -0.05) is 234 Å². The molecule has 0 radical (unpaired) electrons. The highest BCUT2D eigenvalue weighted by molar-refractivity contribution is 7.47. The standard InChI is InChI=1S/C69H106NO8P/c1-3-5-7-9-11-13-15-17-19-21-23-25-27-29-30-31-32-33-34-35-36-38-40-42-44-46-48-50-52-54-56-58-60-62-69(72)78-67(66-77-79(73,74)76-64-63-70)65-75-68(71)61-59-57-55-53-51-49-47-45-43-41-39-37-28-26-24-22-20-18-16-14-12-10-8-6-4-2/h5-8,11-14,17-20,23-26,29-30,32-33,35-37,39-40,42-43,45-46,48-49,51,67H,3-4,9-10,15-16,21-22,27-28,31,34,38,41,44,47,50,52-66,70H2,1-2H3,(H,73,74)/b7-5-,8-6-,13-11-,14-12-,19-17-,20-18-,25-23-,26-24-,30-29-,33-32-,36-35-,39-37-,42-40-,45-43-,48-46-,51-49-. The molecule has 0 aromatic rings. The van der Waals surface area contributed by atoms with Gasteiger partial charge in [0, 0.05) is 19.4 Å². The fourth-order valence-electron chi connectivity index (χ4n) is 7.14. The van der Waals surface area contributed by atoms with Crippen LogP contribution in [0.3, 0.4) is 0 Å². The largest absolute Gasteiger partial charge is 0.472 e. The molecular weight excluding hydrogens is 1000 g/mol. The van der Waals surface area contributed by atoms with Crippen molar-refractivity contribution < 1.29 is 37.6 Å². The average molecular weight is 1110 g/mol. The second kappa shape index (κ2) is 62.1. The molecule has 0 heterocycles. The number of phosphoric acid groups is 1. The molecule has 2 unspecified atom stereocenters. The molecule has 0 aliphatic heterocycles.